The van der Waals surface area contributed by atoms with Crippen LogP contribution in [0, 0.1) is 0 Å². The van der Waals surface area contributed by atoms with Gasteiger partial charge in [0.1, 0.15) is 11.5 Å². The topological polar surface area (TPSA) is 52.6 Å². The molecule has 3 aromatic carbocycles. The van der Waals surface area contributed by atoms with Gasteiger partial charge < -0.3 is 9.47 Å². The van der Waals surface area contributed by atoms with Crippen LogP contribution in [0.2, 0.25) is 0 Å². The molecule has 0 bridgehead atoms. The number of ether oxygens (including phenoxy) is 2. The lowest BCUT2D eigenvalue weighted by Crippen LogP contribution is -2.11. The molecule has 0 atom stereocenters. The van der Waals surface area contributed by atoms with Crippen LogP contribution in [0.3, 0.4) is 0 Å². The Labute approximate surface area is 138 Å². The molecule has 4 nitrogen and oxygen atoms in total. The number of carbonyl (C=O) groups excluding carboxylic acids is 2. The summed E-state index contributed by atoms with van der Waals surface area (Å²) in [5.41, 5.74) is 0.788. The molecule has 0 amide bonds. The summed E-state index contributed by atoms with van der Waals surface area (Å²) in [4.78, 5) is 24.4. The van der Waals surface area contributed by atoms with Crippen molar-refractivity contribution in [2.24, 2.45) is 0 Å². The van der Waals surface area contributed by atoms with Gasteiger partial charge in [-0.1, -0.05) is 24.3 Å². The number of methoxy groups -OCH3 is 2. The first-order valence-electron chi connectivity index (χ1n) is 7.53. The molecule has 0 heterocycles. The molecule has 24 heavy (non-hydrogen) atoms. The standard InChI is InChI=1S/C20H14O4/c1-23-19-11-5-3-4-6-12(11)20(24-2)16-10-14-13(9-15(16)19)17(21)7-8-18(14)22/h3-10H,1-2H3. The average Bonchev–Trinajstić information content (AvgIpc) is 2.61. The first-order chi connectivity index (χ1) is 11.7. The molecule has 3 aromatic rings. The molecule has 1 aliphatic rings. The fourth-order valence-electron chi connectivity index (χ4n) is 3.32. The first kappa shape index (κ1) is 14.5. The Hall–Kier alpha value is -3.14. The molecule has 1 aliphatic carbocycles. The van der Waals surface area contributed by atoms with E-state index in [2.05, 4.69) is 0 Å². The number of hydrogen-bond acceptors (Lipinski definition) is 4. The maximum absolute atomic E-state index is 12.2. The van der Waals surface area contributed by atoms with Crippen molar-refractivity contribution in [3.05, 3.63) is 59.7 Å². The zero-order valence-corrected chi connectivity index (χ0v) is 13.3. The van der Waals surface area contributed by atoms with Gasteiger partial charge in [0.05, 0.1) is 14.2 Å². The van der Waals surface area contributed by atoms with Gasteiger partial charge in [0.25, 0.3) is 0 Å². The second-order valence-corrected chi connectivity index (χ2v) is 5.62. The fraction of sp³-hybridized carbons (Fsp3) is 0.100. The van der Waals surface area contributed by atoms with Gasteiger partial charge in [-0.3, -0.25) is 9.59 Å². The minimum Gasteiger partial charge on any atom is -0.495 e. The molecule has 0 saturated heterocycles. The normalized spacial score (nSPS) is 13.4. The van der Waals surface area contributed by atoms with Gasteiger partial charge in [0.2, 0.25) is 0 Å². The maximum atomic E-state index is 12.2. The van der Waals surface area contributed by atoms with Crippen LogP contribution in [0.1, 0.15) is 20.7 Å². The molecule has 0 fully saturated rings. The highest BCUT2D eigenvalue weighted by atomic mass is 16.5. The van der Waals surface area contributed by atoms with Crippen LogP contribution in [-0.4, -0.2) is 25.8 Å². The highest BCUT2D eigenvalue weighted by Gasteiger charge is 2.23. The second-order valence-electron chi connectivity index (χ2n) is 5.62. The SMILES string of the molecule is COc1c2ccccc2c(OC)c2cc3c(cc12)C(=O)C=CC3=O. The van der Waals surface area contributed by atoms with Gasteiger partial charge >= 0.3 is 0 Å². The van der Waals surface area contributed by atoms with Gasteiger partial charge in [-0.15, -0.1) is 0 Å². The predicted octanol–water partition coefficient (Wildman–Crippen LogP) is 3.95. The van der Waals surface area contributed by atoms with Crippen LogP contribution >= 0.6 is 0 Å². The van der Waals surface area contributed by atoms with E-state index < -0.39 is 0 Å². The summed E-state index contributed by atoms with van der Waals surface area (Å²) in [5.74, 6) is 0.972. The van der Waals surface area contributed by atoms with Crippen molar-refractivity contribution in [1.29, 1.82) is 0 Å². The smallest absolute Gasteiger partial charge is 0.186 e. The summed E-state index contributed by atoms with van der Waals surface area (Å²) in [6.07, 6.45) is 2.61. The van der Waals surface area contributed by atoms with Crippen LogP contribution in [0.25, 0.3) is 21.5 Å². The molecule has 4 rings (SSSR count). The molecule has 4 heteroatoms. The largest absolute Gasteiger partial charge is 0.495 e. The summed E-state index contributed by atoms with van der Waals surface area (Å²) >= 11 is 0. The van der Waals surface area contributed by atoms with E-state index in [4.69, 9.17) is 9.47 Å². The molecule has 0 spiro atoms. The molecule has 0 unspecified atom stereocenters. The lowest BCUT2D eigenvalue weighted by atomic mass is 9.89. The highest BCUT2D eigenvalue weighted by molar-refractivity contribution is 6.25. The third-order valence-corrected chi connectivity index (χ3v) is 4.39. The van der Waals surface area contributed by atoms with Crippen LogP contribution < -0.4 is 9.47 Å². The maximum Gasteiger partial charge on any atom is 0.186 e. The quantitative estimate of drug-likeness (QED) is 0.671. The van der Waals surface area contributed by atoms with Crippen molar-refractivity contribution in [2.45, 2.75) is 0 Å². The number of fused-ring (bicyclic) bond motifs is 3. The van der Waals surface area contributed by atoms with Crippen molar-refractivity contribution < 1.29 is 19.1 Å². The first-order valence-corrected chi connectivity index (χ1v) is 7.53. The zero-order valence-electron chi connectivity index (χ0n) is 13.3. The molecule has 0 saturated carbocycles. The predicted molar refractivity (Wildman–Crippen MR) is 92.4 cm³/mol. The van der Waals surface area contributed by atoms with E-state index in [1.54, 1.807) is 26.4 Å². The Kier molecular flexibility index (Phi) is 3.13. The molecule has 0 aromatic heterocycles. The van der Waals surface area contributed by atoms with E-state index in [1.165, 1.54) is 12.2 Å². The summed E-state index contributed by atoms with van der Waals surface area (Å²) in [7, 11) is 3.19. The molecule has 118 valence electrons. The average molecular weight is 318 g/mol. The summed E-state index contributed by atoms with van der Waals surface area (Å²) in [6.45, 7) is 0. The summed E-state index contributed by atoms with van der Waals surface area (Å²) < 4.78 is 11.2. The minimum absolute atomic E-state index is 0.180. The number of ketones is 2. The Morgan fingerprint density at radius 2 is 1.08 bits per heavy atom. The van der Waals surface area contributed by atoms with E-state index in [1.807, 2.05) is 24.3 Å². The highest BCUT2D eigenvalue weighted by Crippen LogP contribution is 2.43. The monoisotopic (exact) mass is 318 g/mol. The van der Waals surface area contributed by atoms with E-state index >= 15 is 0 Å². The van der Waals surface area contributed by atoms with Gasteiger partial charge in [0.15, 0.2) is 11.6 Å². The number of allylic oxidation sites excluding steroid dienone is 2. The summed E-state index contributed by atoms with van der Waals surface area (Å²) in [5, 5.41) is 3.30. The summed E-state index contributed by atoms with van der Waals surface area (Å²) in [6, 6.07) is 11.2. The Morgan fingerprint density at radius 1 is 0.667 bits per heavy atom. The van der Waals surface area contributed by atoms with Gasteiger partial charge in [0, 0.05) is 32.7 Å². The number of benzene rings is 3. The number of hydrogen-bond donors (Lipinski definition) is 0. The lowest BCUT2D eigenvalue weighted by Gasteiger charge is -2.17. The van der Waals surface area contributed by atoms with Gasteiger partial charge in [-0.25, -0.2) is 0 Å². The lowest BCUT2D eigenvalue weighted by molar-refractivity contribution is 0.0994. The minimum atomic E-state index is -0.180. The van der Waals surface area contributed by atoms with Crippen molar-refractivity contribution in [3.63, 3.8) is 0 Å². The zero-order chi connectivity index (χ0) is 16.8. The molecule has 0 radical (unpaired) electrons. The van der Waals surface area contributed by atoms with E-state index in [-0.39, 0.29) is 11.6 Å². The van der Waals surface area contributed by atoms with Crippen molar-refractivity contribution in [2.75, 3.05) is 14.2 Å². The molecule has 0 N–H and O–H groups in total. The van der Waals surface area contributed by atoms with Crippen LogP contribution in [0.15, 0.2) is 48.6 Å². The van der Waals surface area contributed by atoms with Crippen LogP contribution in [0.5, 0.6) is 11.5 Å². The molecule has 0 aliphatic heterocycles. The van der Waals surface area contributed by atoms with Gasteiger partial charge in [-0.05, 0) is 24.3 Å². The van der Waals surface area contributed by atoms with E-state index in [0.29, 0.717) is 22.6 Å². The van der Waals surface area contributed by atoms with Crippen LogP contribution in [0.4, 0.5) is 0 Å². The third-order valence-electron chi connectivity index (χ3n) is 4.39. The number of rotatable bonds is 2. The Morgan fingerprint density at radius 3 is 1.46 bits per heavy atom. The van der Waals surface area contributed by atoms with Crippen molar-refractivity contribution >= 4 is 33.1 Å². The third kappa shape index (κ3) is 1.86. The molecular weight excluding hydrogens is 304 g/mol. The fourth-order valence-corrected chi connectivity index (χ4v) is 3.32. The van der Waals surface area contributed by atoms with Gasteiger partial charge in [-0.2, -0.15) is 0 Å². The van der Waals surface area contributed by atoms with Crippen LogP contribution in [-0.2, 0) is 0 Å². The number of carbonyl (C=O) groups is 2. The molecular formula is C20H14O4. The van der Waals surface area contributed by atoms with E-state index in [9.17, 15) is 9.59 Å². The van der Waals surface area contributed by atoms with E-state index in [0.717, 1.165) is 21.5 Å². The van der Waals surface area contributed by atoms with Crippen molar-refractivity contribution in [1.82, 2.24) is 0 Å². The van der Waals surface area contributed by atoms with Crippen molar-refractivity contribution in [3.8, 4) is 11.5 Å². The Balaban J connectivity index is 2.24. The Bertz CT molecular complexity index is 976. The second kappa shape index (κ2) is 5.20.